The van der Waals surface area contributed by atoms with Crippen LogP contribution in [0.25, 0.3) is 32.9 Å². The lowest BCUT2D eigenvalue weighted by molar-refractivity contribution is -0.617. The van der Waals surface area contributed by atoms with Crippen LogP contribution in [0.2, 0.25) is 0 Å². The van der Waals surface area contributed by atoms with Crippen molar-refractivity contribution >= 4 is 21.8 Å². The average molecular weight is 356 g/mol. The molecule has 0 saturated heterocycles. The summed E-state index contributed by atoms with van der Waals surface area (Å²) >= 11 is 0. The van der Waals surface area contributed by atoms with Crippen molar-refractivity contribution in [2.24, 2.45) is 7.05 Å². The van der Waals surface area contributed by atoms with Crippen molar-refractivity contribution in [2.75, 3.05) is 7.11 Å². The molecule has 2 heteroatoms. The van der Waals surface area contributed by atoms with Crippen LogP contribution in [0.15, 0.2) is 48.5 Å². The highest BCUT2D eigenvalue weighted by Crippen LogP contribution is 2.42. The number of fused-ring (bicyclic) bond motifs is 2. The van der Waals surface area contributed by atoms with E-state index < -0.39 is 0 Å². The highest BCUT2D eigenvalue weighted by Gasteiger charge is 2.24. The van der Waals surface area contributed by atoms with Crippen LogP contribution in [-0.4, -0.2) is 7.11 Å². The Labute approximate surface area is 161 Å². The molecular formula is C25H26NO+. The standard InChI is InChI=1S/C25H26NO/c1-15-13-17(3)22(18(4)14-15)25-23-16(2)9-7-10-19(23)26(5)20-11-8-12-21(27-6)24(20)25/h7-14H,1-6H3/q+1. The van der Waals surface area contributed by atoms with Gasteiger partial charge in [0.15, 0.2) is 0 Å². The lowest BCUT2D eigenvalue weighted by Crippen LogP contribution is -2.30. The number of pyridine rings is 1. The highest BCUT2D eigenvalue weighted by molar-refractivity contribution is 6.11. The summed E-state index contributed by atoms with van der Waals surface area (Å²) in [4.78, 5) is 0. The molecule has 0 aliphatic carbocycles. The highest BCUT2D eigenvalue weighted by atomic mass is 16.5. The Kier molecular flexibility index (Phi) is 4.15. The Morgan fingerprint density at radius 3 is 1.93 bits per heavy atom. The van der Waals surface area contributed by atoms with Crippen molar-refractivity contribution < 1.29 is 9.30 Å². The molecule has 2 nitrogen and oxygen atoms in total. The predicted octanol–water partition coefficient (Wildman–Crippen LogP) is 5.73. The second-order valence-corrected chi connectivity index (χ2v) is 7.53. The number of benzene rings is 3. The lowest BCUT2D eigenvalue weighted by Gasteiger charge is -2.18. The third-order valence-corrected chi connectivity index (χ3v) is 5.62. The summed E-state index contributed by atoms with van der Waals surface area (Å²) in [6.07, 6.45) is 0. The lowest BCUT2D eigenvalue weighted by atomic mass is 9.87. The van der Waals surface area contributed by atoms with Gasteiger partial charge in [0.05, 0.1) is 17.9 Å². The van der Waals surface area contributed by atoms with Crippen LogP contribution in [0.1, 0.15) is 22.3 Å². The Morgan fingerprint density at radius 2 is 1.30 bits per heavy atom. The van der Waals surface area contributed by atoms with Crippen LogP contribution in [0.5, 0.6) is 5.75 Å². The van der Waals surface area contributed by atoms with Gasteiger partial charge in [-0.2, -0.15) is 4.57 Å². The van der Waals surface area contributed by atoms with Crippen molar-refractivity contribution in [2.45, 2.75) is 27.7 Å². The van der Waals surface area contributed by atoms with Gasteiger partial charge in [-0.25, -0.2) is 0 Å². The molecule has 4 rings (SSSR count). The first-order valence-electron chi connectivity index (χ1n) is 9.40. The number of aryl methyl sites for hydroxylation is 5. The van der Waals surface area contributed by atoms with Crippen molar-refractivity contribution in [3.05, 3.63) is 70.8 Å². The molecule has 0 N–H and O–H groups in total. The molecule has 0 spiro atoms. The van der Waals surface area contributed by atoms with Gasteiger partial charge in [-0.15, -0.1) is 0 Å². The summed E-state index contributed by atoms with van der Waals surface area (Å²) in [6, 6.07) is 17.4. The molecule has 136 valence electrons. The molecule has 0 amide bonds. The van der Waals surface area contributed by atoms with Crippen molar-refractivity contribution in [3.8, 4) is 16.9 Å². The summed E-state index contributed by atoms with van der Waals surface area (Å²) in [5.74, 6) is 0.919. The van der Waals surface area contributed by atoms with E-state index in [1.54, 1.807) is 7.11 Å². The first-order valence-corrected chi connectivity index (χ1v) is 9.40. The summed E-state index contributed by atoms with van der Waals surface area (Å²) in [5.41, 5.74) is 10.2. The molecule has 0 saturated carbocycles. The molecule has 1 heterocycles. The molecule has 0 radical (unpaired) electrons. The second kappa shape index (κ2) is 6.38. The van der Waals surface area contributed by atoms with Crippen LogP contribution >= 0.6 is 0 Å². The number of ether oxygens (including phenoxy) is 1. The van der Waals surface area contributed by atoms with Crippen molar-refractivity contribution in [1.82, 2.24) is 0 Å². The zero-order valence-electron chi connectivity index (χ0n) is 17.0. The number of methoxy groups -OCH3 is 1. The Bertz CT molecular complexity index is 1180. The number of hydrogen-bond donors (Lipinski definition) is 0. The van der Waals surface area contributed by atoms with E-state index in [1.807, 2.05) is 0 Å². The monoisotopic (exact) mass is 356 g/mol. The molecule has 0 bridgehead atoms. The van der Waals surface area contributed by atoms with Crippen LogP contribution in [-0.2, 0) is 7.05 Å². The molecule has 0 unspecified atom stereocenters. The smallest absolute Gasteiger partial charge is 0.217 e. The zero-order valence-corrected chi connectivity index (χ0v) is 17.0. The maximum absolute atomic E-state index is 5.82. The van der Waals surface area contributed by atoms with Crippen molar-refractivity contribution in [3.63, 3.8) is 0 Å². The first-order chi connectivity index (χ1) is 12.9. The SMILES string of the molecule is COc1cccc2c1c(-c1c(C)cc(C)cc1C)c1c(C)cccc1[n+]2C. The van der Waals surface area contributed by atoms with Crippen LogP contribution < -0.4 is 9.30 Å². The molecular weight excluding hydrogens is 330 g/mol. The zero-order chi connectivity index (χ0) is 19.3. The quantitative estimate of drug-likeness (QED) is 0.330. The van der Waals surface area contributed by atoms with E-state index in [0.717, 1.165) is 5.75 Å². The summed E-state index contributed by atoms with van der Waals surface area (Å²) in [6.45, 7) is 8.80. The minimum absolute atomic E-state index is 0.919. The Hall–Kier alpha value is -2.87. The molecule has 4 aromatic rings. The molecule has 3 aromatic carbocycles. The van der Waals surface area contributed by atoms with Gasteiger partial charge in [0.25, 0.3) is 0 Å². The van der Waals surface area contributed by atoms with E-state index >= 15 is 0 Å². The summed E-state index contributed by atoms with van der Waals surface area (Å²) in [5, 5.41) is 2.48. The van der Waals surface area contributed by atoms with Crippen LogP contribution in [0.4, 0.5) is 0 Å². The van der Waals surface area contributed by atoms with E-state index in [9.17, 15) is 0 Å². The molecule has 1 aromatic heterocycles. The van der Waals surface area contributed by atoms with Gasteiger partial charge in [0.2, 0.25) is 11.0 Å². The van der Waals surface area contributed by atoms with E-state index in [4.69, 9.17) is 4.74 Å². The predicted molar refractivity (Wildman–Crippen MR) is 114 cm³/mol. The number of aromatic nitrogens is 1. The van der Waals surface area contributed by atoms with Crippen LogP contribution in [0.3, 0.4) is 0 Å². The number of rotatable bonds is 2. The van der Waals surface area contributed by atoms with Gasteiger partial charge in [0, 0.05) is 17.7 Å². The van der Waals surface area contributed by atoms with Gasteiger partial charge in [-0.1, -0.05) is 35.9 Å². The summed E-state index contributed by atoms with van der Waals surface area (Å²) in [7, 11) is 3.90. The third kappa shape index (κ3) is 2.59. The van der Waals surface area contributed by atoms with Gasteiger partial charge in [0.1, 0.15) is 12.8 Å². The second-order valence-electron chi connectivity index (χ2n) is 7.53. The molecule has 0 aliphatic rings. The van der Waals surface area contributed by atoms with E-state index in [2.05, 4.69) is 87.8 Å². The fourth-order valence-corrected chi connectivity index (χ4v) is 4.56. The van der Waals surface area contributed by atoms with Gasteiger partial charge in [-0.05, 0) is 56.0 Å². The molecule has 0 aliphatic heterocycles. The van der Waals surface area contributed by atoms with Gasteiger partial charge in [-0.3, -0.25) is 0 Å². The molecule has 0 fully saturated rings. The Morgan fingerprint density at radius 1 is 0.704 bits per heavy atom. The van der Waals surface area contributed by atoms with E-state index in [0.29, 0.717) is 0 Å². The van der Waals surface area contributed by atoms with Gasteiger partial charge >= 0.3 is 0 Å². The number of nitrogens with zero attached hydrogens (tertiary/aromatic N) is 1. The van der Waals surface area contributed by atoms with E-state index in [-0.39, 0.29) is 0 Å². The molecule has 27 heavy (non-hydrogen) atoms. The summed E-state index contributed by atoms with van der Waals surface area (Å²) < 4.78 is 8.10. The normalized spacial score (nSPS) is 11.3. The third-order valence-electron chi connectivity index (χ3n) is 5.62. The first kappa shape index (κ1) is 17.5. The topological polar surface area (TPSA) is 13.1 Å². The number of hydrogen-bond acceptors (Lipinski definition) is 1. The van der Waals surface area contributed by atoms with Crippen LogP contribution in [0, 0.1) is 27.7 Å². The van der Waals surface area contributed by atoms with Crippen molar-refractivity contribution in [1.29, 1.82) is 0 Å². The fourth-order valence-electron chi connectivity index (χ4n) is 4.56. The average Bonchev–Trinajstić information content (AvgIpc) is 2.63. The Balaban J connectivity index is 2.37. The fraction of sp³-hybridized carbons (Fsp3) is 0.240. The maximum atomic E-state index is 5.82. The van der Waals surface area contributed by atoms with Gasteiger partial charge < -0.3 is 4.74 Å². The molecule has 0 atom stereocenters. The minimum atomic E-state index is 0.919. The largest absolute Gasteiger partial charge is 0.496 e. The minimum Gasteiger partial charge on any atom is -0.496 e. The maximum Gasteiger partial charge on any atom is 0.217 e. The van der Waals surface area contributed by atoms with E-state index in [1.165, 1.54) is 55.2 Å².